The molecule has 0 spiro atoms. The highest BCUT2D eigenvalue weighted by Gasteiger charge is 2.21. The number of hydrogen-bond acceptors (Lipinski definition) is 3. The molecule has 1 aromatic rings. The molecule has 0 radical (unpaired) electrons. The summed E-state index contributed by atoms with van der Waals surface area (Å²) >= 11 is 5.65. The molecule has 7 heteroatoms. The van der Waals surface area contributed by atoms with Crippen molar-refractivity contribution in [2.45, 2.75) is 5.03 Å². The molecular formula is C7H8ClN3O2S. The Morgan fingerprint density at radius 2 is 2.43 bits per heavy atom. The van der Waals surface area contributed by atoms with Crippen LogP contribution < -0.4 is 4.72 Å². The van der Waals surface area contributed by atoms with Crippen molar-refractivity contribution in [2.24, 2.45) is 7.05 Å². The van der Waals surface area contributed by atoms with Gasteiger partial charge in [-0.15, -0.1) is 6.42 Å². The summed E-state index contributed by atoms with van der Waals surface area (Å²) in [6.07, 6.45) is 6.19. The zero-order valence-corrected chi connectivity index (χ0v) is 8.93. The van der Waals surface area contributed by atoms with Gasteiger partial charge in [-0.05, 0) is 0 Å². The average molecular weight is 234 g/mol. The Kier molecular flexibility index (Phi) is 3.16. The third kappa shape index (κ3) is 2.07. The summed E-state index contributed by atoms with van der Waals surface area (Å²) in [5.74, 6) is 2.16. The van der Waals surface area contributed by atoms with Gasteiger partial charge in [0.1, 0.15) is 0 Å². The predicted molar refractivity (Wildman–Crippen MR) is 52.2 cm³/mol. The fourth-order valence-electron chi connectivity index (χ4n) is 0.907. The number of aromatic nitrogens is 2. The van der Waals surface area contributed by atoms with E-state index in [4.69, 9.17) is 18.0 Å². The maximum absolute atomic E-state index is 11.5. The number of terminal acetylenes is 1. The fourth-order valence-corrected chi connectivity index (χ4v) is 2.49. The molecule has 0 fully saturated rings. The van der Waals surface area contributed by atoms with E-state index in [-0.39, 0.29) is 16.6 Å². The number of hydrogen-bond donors (Lipinski definition) is 1. The SMILES string of the molecule is C#CCNS(=O)(=O)c1c(Cl)cnn1C. The molecule has 0 atom stereocenters. The van der Waals surface area contributed by atoms with Crippen LogP contribution in [0.25, 0.3) is 0 Å². The molecule has 0 aromatic carbocycles. The van der Waals surface area contributed by atoms with Gasteiger partial charge in [-0.1, -0.05) is 17.5 Å². The monoisotopic (exact) mass is 233 g/mol. The van der Waals surface area contributed by atoms with E-state index in [9.17, 15) is 8.42 Å². The normalized spacial score (nSPS) is 11.2. The van der Waals surface area contributed by atoms with Gasteiger partial charge in [0.15, 0.2) is 5.03 Å². The summed E-state index contributed by atoms with van der Waals surface area (Å²) in [4.78, 5) is 0. The van der Waals surface area contributed by atoms with Crippen LogP contribution in [0, 0.1) is 12.3 Å². The third-order valence-corrected chi connectivity index (χ3v) is 3.37. The molecule has 1 rings (SSSR count). The van der Waals surface area contributed by atoms with Crippen LogP contribution in [0.15, 0.2) is 11.2 Å². The number of nitrogens with zero attached hydrogens (tertiary/aromatic N) is 2. The molecule has 0 aliphatic rings. The molecule has 0 unspecified atom stereocenters. The second kappa shape index (κ2) is 4.00. The molecule has 0 aliphatic heterocycles. The Morgan fingerprint density at radius 1 is 1.79 bits per heavy atom. The van der Waals surface area contributed by atoms with Crippen LogP contribution in [0.5, 0.6) is 0 Å². The first-order chi connectivity index (χ1) is 6.49. The summed E-state index contributed by atoms with van der Waals surface area (Å²) in [6.45, 7) is -0.0795. The van der Waals surface area contributed by atoms with E-state index in [2.05, 4.69) is 15.7 Å². The minimum Gasteiger partial charge on any atom is -0.255 e. The lowest BCUT2D eigenvalue weighted by Crippen LogP contribution is -2.26. The lowest BCUT2D eigenvalue weighted by Gasteiger charge is -2.04. The van der Waals surface area contributed by atoms with Gasteiger partial charge in [-0.25, -0.2) is 8.42 Å². The highest BCUT2D eigenvalue weighted by molar-refractivity contribution is 7.89. The first-order valence-electron chi connectivity index (χ1n) is 3.59. The van der Waals surface area contributed by atoms with Crippen LogP contribution in [-0.2, 0) is 17.1 Å². The Bertz CT molecular complexity index is 452. The van der Waals surface area contributed by atoms with E-state index < -0.39 is 10.0 Å². The van der Waals surface area contributed by atoms with Gasteiger partial charge in [-0.3, -0.25) is 4.68 Å². The molecule has 76 valence electrons. The van der Waals surface area contributed by atoms with Crippen LogP contribution in [-0.4, -0.2) is 24.7 Å². The van der Waals surface area contributed by atoms with Gasteiger partial charge in [0.2, 0.25) is 0 Å². The average Bonchev–Trinajstić information content (AvgIpc) is 2.43. The van der Waals surface area contributed by atoms with E-state index in [1.807, 2.05) is 0 Å². The minimum atomic E-state index is -3.66. The zero-order valence-electron chi connectivity index (χ0n) is 7.36. The molecule has 0 amide bonds. The molecule has 0 saturated carbocycles. The Hall–Kier alpha value is -1.03. The van der Waals surface area contributed by atoms with E-state index in [0.29, 0.717) is 0 Å². The molecule has 0 bridgehead atoms. The summed E-state index contributed by atoms with van der Waals surface area (Å²) in [5.41, 5.74) is 0. The first-order valence-corrected chi connectivity index (χ1v) is 5.46. The summed E-state index contributed by atoms with van der Waals surface area (Å²) in [5, 5.41) is 3.68. The third-order valence-electron chi connectivity index (χ3n) is 1.46. The Morgan fingerprint density at radius 3 is 2.86 bits per heavy atom. The molecule has 1 N–H and O–H groups in total. The summed E-state index contributed by atoms with van der Waals surface area (Å²) in [6, 6.07) is 0. The lowest BCUT2D eigenvalue weighted by atomic mass is 10.7. The molecule has 1 aromatic heterocycles. The van der Waals surface area contributed by atoms with Crippen LogP contribution >= 0.6 is 11.6 Å². The quantitative estimate of drug-likeness (QED) is 0.747. The highest BCUT2D eigenvalue weighted by atomic mass is 35.5. The number of rotatable bonds is 3. The van der Waals surface area contributed by atoms with Crippen molar-refractivity contribution in [1.82, 2.24) is 14.5 Å². The number of sulfonamides is 1. The number of halogens is 1. The predicted octanol–water partition coefficient (Wildman–Crippen LogP) is -0.0150. The molecule has 14 heavy (non-hydrogen) atoms. The Balaban J connectivity index is 3.11. The van der Waals surface area contributed by atoms with Crippen molar-refractivity contribution in [3.63, 3.8) is 0 Å². The first kappa shape index (κ1) is 11.0. The van der Waals surface area contributed by atoms with Crippen LogP contribution in [0.1, 0.15) is 0 Å². The highest BCUT2D eigenvalue weighted by Crippen LogP contribution is 2.18. The van der Waals surface area contributed by atoms with Crippen molar-refractivity contribution in [3.05, 3.63) is 11.2 Å². The van der Waals surface area contributed by atoms with Gasteiger partial charge in [0, 0.05) is 7.05 Å². The second-order valence-corrected chi connectivity index (χ2v) is 4.54. The van der Waals surface area contributed by atoms with Crippen molar-refractivity contribution >= 4 is 21.6 Å². The number of nitrogens with one attached hydrogen (secondary N) is 1. The van der Waals surface area contributed by atoms with Crippen molar-refractivity contribution in [2.75, 3.05) is 6.54 Å². The second-order valence-electron chi connectivity index (χ2n) is 2.45. The van der Waals surface area contributed by atoms with Gasteiger partial charge in [0.05, 0.1) is 17.8 Å². The number of aryl methyl sites for hydroxylation is 1. The maximum Gasteiger partial charge on any atom is 0.260 e. The molecule has 0 saturated heterocycles. The maximum atomic E-state index is 11.5. The van der Waals surface area contributed by atoms with Crippen LogP contribution in [0.2, 0.25) is 5.02 Å². The zero-order chi connectivity index (χ0) is 10.8. The van der Waals surface area contributed by atoms with Gasteiger partial charge in [0.25, 0.3) is 10.0 Å². The molecule has 0 aliphatic carbocycles. The van der Waals surface area contributed by atoms with E-state index >= 15 is 0 Å². The van der Waals surface area contributed by atoms with Gasteiger partial charge >= 0.3 is 0 Å². The molecular weight excluding hydrogens is 226 g/mol. The van der Waals surface area contributed by atoms with E-state index in [0.717, 1.165) is 0 Å². The lowest BCUT2D eigenvalue weighted by molar-refractivity contribution is 0.567. The Labute approximate surface area is 87.1 Å². The van der Waals surface area contributed by atoms with Gasteiger partial charge < -0.3 is 0 Å². The molecule has 1 heterocycles. The standard InChI is InChI=1S/C7H8ClN3O2S/c1-3-4-10-14(12,13)7-6(8)5-9-11(7)2/h1,5,10H,4H2,2H3. The van der Waals surface area contributed by atoms with Gasteiger partial charge in [-0.2, -0.15) is 9.82 Å². The minimum absolute atomic E-state index is 0.0667. The summed E-state index contributed by atoms with van der Waals surface area (Å²) < 4.78 is 26.4. The molecule has 5 nitrogen and oxygen atoms in total. The van der Waals surface area contributed by atoms with E-state index in [1.54, 1.807) is 0 Å². The fraction of sp³-hybridized carbons (Fsp3) is 0.286. The van der Waals surface area contributed by atoms with Crippen molar-refractivity contribution < 1.29 is 8.42 Å². The van der Waals surface area contributed by atoms with Crippen LogP contribution in [0.4, 0.5) is 0 Å². The van der Waals surface area contributed by atoms with Crippen molar-refractivity contribution in [3.8, 4) is 12.3 Å². The van der Waals surface area contributed by atoms with Crippen molar-refractivity contribution in [1.29, 1.82) is 0 Å². The topological polar surface area (TPSA) is 64.0 Å². The van der Waals surface area contributed by atoms with E-state index in [1.165, 1.54) is 17.9 Å². The van der Waals surface area contributed by atoms with Crippen LogP contribution in [0.3, 0.4) is 0 Å². The smallest absolute Gasteiger partial charge is 0.255 e. The summed E-state index contributed by atoms with van der Waals surface area (Å²) in [7, 11) is -2.18. The largest absolute Gasteiger partial charge is 0.260 e.